The van der Waals surface area contributed by atoms with Crippen molar-refractivity contribution < 1.29 is 4.79 Å². The average molecular weight is 541 g/mol. The number of para-hydroxylation sites is 2. The minimum atomic E-state index is 0.0104. The molecular weight excluding hydrogens is 504 g/mol. The molecule has 0 unspecified atom stereocenters. The first kappa shape index (κ1) is 26.9. The predicted molar refractivity (Wildman–Crippen MR) is 160 cm³/mol. The van der Waals surface area contributed by atoms with E-state index in [1.54, 1.807) is 11.8 Å². The van der Waals surface area contributed by atoms with E-state index in [0.717, 1.165) is 67.2 Å². The summed E-state index contributed by atoms with van der Waals surface area (Å²) >= 11 is 1.76. The van der Waals surface area contributed by atoms with Gasteiger partial charge in [0.15, 0.2) is 0 Å². The molecule has 2 fully saturated rings. The minimum absolute atomic E-state index is 0.0104. The summed E-state index contributed by atoms with van der Waals surface area (Å²) in [5.74, 6) is 0.809. The topological polar surface area (TPSA) is 75.5 Å². The summed E-state index contributed by atoms with van der Waals surface area (Å²) in [5, 5.41) is 13.1. The molecule has 5 rings (SSSR count). The first-order valence-corrected chi connectivity index (χ1v) is 14.9. The summed E-state index contributed by atoms with van der Waals surface area (Å²) in [6, 6.07) is 20.9. The number of nitrogens with zero attached hydrogens (tertiary/aromatic N) is 5. The molecule has 0 atom stereocenters. The molecule has 2 aromatic carbocycles. The number of thioether (sulfide) groups is 1. The molecule has 0 bridgehead atoms. The standard InChI is InChI=1S/C31H36N6OS/c1-22-20-23(2)30(33-25-12-14-35(15-13-25)26-9-5-4-8-24(26)21-32)34-29(22)31(38)37-18-16-36(17-19-37)27-10-6-7-11-28(27)39-3/h4-11,20,25H,12-19H2,1-3H3,(H,33,34). The van der Waals surface area contributed by atoms with Crippen molar-refractivity contribution in [3.8, 4) is 6.07 Å². The monoisotopic (exact) mass is 540 g/mol. The number of anilines is 3. The van der Waals surface area contributed by atoms with Gasteiger partial charge in [0.05, 0.1) is 16.9 Å². The number of rotatable bonds is 6. The molecule has 2 saturated heterocycles. The quantitative estimate of drug-likeness (QED) is 0.423. The van der Waals surface area contributed by atoms with E-state index in [4.69, 9.17) is 4.98 Å². The van der Waals surface area contributed by atoms with Gasteiger partial charge in [0.25, 0.3) is 5.91 Å². The second-order valence-corrected chi connectivity index (χ2v) is 11.2. The number of carbonyl (C=O) groups is 1. The van der Waals surface area contributed by atoms with Crippen molar-refractivity contribution in [2.45, 2.75) is 37.6 Å². The van der Waals surface area contributed by atoms with Crippen LogP contribution < -0.4 is 15.1 Å². The molecule has 3 heterocycles. The van der Waals surface area contributed by atoms with Gasteiger partial charge in [-0.25, -0.2) is 4.98 Å². The fourth-order valence-electron chi connectivity index (χ4n) is 5.61. The lowest BCUT2D eigenvalue weighted by Gasteiger charge is -2.37. The molecule has 0 saturated carbocycles. The van der Waals surface area contributed by atoms with E-state index in [-0.39, 0.29) is 11.9 Å². The fraction of sp³-hybridized carbons (Fsp3) is 0.387. The van der Waals surface area contributed by atoms with Crippen LogP contribution in [0.4, 0.5) is 17.2 Å². The zero-order chi connectivity index (χ0) is 27.4. The number of carbonyl (C=O) groups excluding carboxylic acids is 1. The number of hydrogen-bond donors (Lipinski definition) is 1. The Morgan fingerprint density at radius 3 is 2.26 bits per heavy atom. The van der Waals surface area contributed by atoms with Crippen LogP contribution in [-0.4, -0.2) is 67.4 Å². The van der Waals surface area contributed by atoms with Crippen LogP contribution in [0.15, 0.2) is 59.5 Å². The van der Waals surface area contributed by atoms with Crippen LogP contribution >= 0.6 is 11.8 Å². The highest BCUT2D eigenvalue weighted by Crippen LogP contribution is 2.30. The van der Waals surface area contributed by atoms with E-state index in [9.17, 15) is 10.1 Å². The first-order valence-electron chi connectivity index (χ1n) is 13.6. The summed E-state index contributed by atoms with van der Waals surface area (Å²) in [7, 11) is 0. The lowest BCUT2D eigenvalue weighted by atomic mass is 10.0. The van der Waals surface area contributed by atoms with Crippen molar-refractivity contribution in [3.63, 3.8) is 0 Å². The third kappa shape index (κ3) is 5.84. The zero-order valence-corrected chi connectivity index (χ0v) is 23.8. The molecule has 2 aliphatic rings. The van der Waals surface area contributed by atoms with Gasteiger partial charge in [-0.3, -0.25) is 4.79 Å². The van der Waals surface area contributed by atoms with Gasteiger partial charge in [-0.2, -0.15) is 5.26 Å². The zero-order valence-electron chi connectivity index (χ0n) is 23.0. The summed E-state index contributed by atoms with van der Waals surface area (Å²) in [4.78, 5) is 26.3. The van der Waals surface area contributed by atoms with E-state index in [1.807, 2.05) is 36.1 Å². The molecule has 8 heteroatoms. The molecular formula is C31H36N6OS. The number of piperazine rings is 1. The van der Waals surface area contributed by atoms with Crippen LogP contribution in [0, 0.1) is 25.2 Å². The van der Waals surface area contributed by atoms with Gasteiger partial charge in [-0.1, -0.05) is 30.3 Å². The number of nitriles is 1. The molecule has 0 spiro atoms. The van der Waals surface area contributed by atoms with Crippen molar-refractivity contribution >= 4 is 34.9 Å². The van der Waals surface area contributed by atoms with Crippen LogP contribution in [-0.2, 0) is 0 Å². The van der Waals surface area contributed by atoms with E-state index in [2.05, 4.69) is 64.7 Å². The third-order valence-corrected chi connectivity index (χ3v) is 8.59. The van der Waals surface area contributed by atoms with E-state index in [1.165, 1.54) is 10.6 Å². The van der Waals surface area contributed by atoms with E-state index < -0.39 is 0 Å². The van der Waals surface area contributed by atoms with Crippen LogP contribution in [0.1, 0.15) is 40.0 Å². The summed E-state index contributed by atoms with van der Waals surface area (Å²) in [5.41, 5.74) is 5.49. The Morgan fingerprint density at radius 1 is 0.923 bits per heavy atom. The molecule has 2 aliphatic heterocycles. The maximum absolute atomic E-state index is 13.6. The number of amides is 1. The van der Waals surface area contributed by atoms with Crippen LogP contribution in [0.2, 0.25) is 0 Å². The van der Waals surface area contributed by atoms with Crippen molar-refractivity contribution in [1.29, 1.82) is 5.26 Å². The number of pyridine rings is 1. The Labute approximate surface area is 235 Å². The largest absolute Gasteiger partial charge is 0.370 e. The van der Waals surface area contributed by atoms with E-state index >= 15 is 0 Å². The lowest BCUT2D eigenvalue weighted by molar-refractivity contribution is 0.0740. The number of nitrogens with one attached hydrogen (secondary N) is 1. The van der Waals surface area contributed by atoms with Crippen molar-refractivity contribution in [2.75, 3.05) is 60.6 Å². The van der Waals surface area contributed by atoms with Gasteiger partial charge in [-0.05, 0) is 68.3 Å². The molecule has 0 aliphatic carbocycles. The predicted octanol–water partition coefficient (Wildman–Crippen LogP) is 5.34. The molecule has 202 valence electrons. The van der Waals surface area contributed by atoms with Crippen LogP contribution in [0.5, 0.6) is 0 Å². The van der Waals surface area contributed by atoms with Crippen molar-refractivity contribution in [1.82, 2.24) is 9.88 Å². The first-order chi connectivity index (χ1) is 19.0. The van der Waals surface area contributed by atoms with Gasteiger partial charge in [0.1, 0.15) is 17.6 Å². The van der Waals surface area contributed by atoms with Crippen molar-refractivity contribution in [2.24, 2.45) is 0 Å². The molecule has 1 aromatic heterocycles. The second kappa shape index (κ2) is 12.0. The lowest BCUT2D eigenvalue weighted by Crippen LogP contribution is -2.49. The maximum Gasteiger partial charge on any atom is 0.272 e. The van der Waals surface area contributed by atoms with E-state index in [0.29, 0.717) is 18.8 Å². The fourth-order valence-corrected chi connectivity index (χ4v) is 6.23. The molecule has 1 N–H and O–H groups in total. The smallest absolute Gasteiger partial charge is 0.272 e. The Hall–Kier alpha value is -3.70. The Morgan fingerprint density at radius 2 is 1.56 bits per heavy atom. The molecule has 1 amide bonds. The summed E-state index contributed by atoms with van der Waals surface area (Å²) < 4.78 is 0. The average Bonchev–Trinajstić information content (AvgIpc) is 2.98. The molecule has 39 heavy (non-hydrogen) atoms. The van der Waals surface area contributed by atoms with Gasteiger partial charge < -0.3 is 20.0 Å². The SMILES string of the molecule is CSc1ccccc1N1CCN(C(=O)c2nc(NC3CCN(c4ccccc4C#N)CC3)c(C)cc2C)CC1. The summed E-state index contributed by atoms with van der Waals surface area (Å²) in [6.07, 6.45) is 3.99. The number of hydrogen-bond acceptors (Lipinski definition) is 7. The van der Waals surface area contributed by atoms with Crippen LogP contribution in [0.3, 0.4) is 0 Å². The normalized spacial score (nSPS) is 16.2. The molecule has 7 nitrogen and oxygen atoms in total. The van der Waals surface area contributed by atoms with Crippen LogP contribution in [0.25, 0.3) is 0 Å². The summed E-state index contributed by atoms with van der Waals surface area (Å²) in [6.45, 7) is 8.77. The van der Waals surface area contributed by atoms with Gasteiger partial charge in [0.2, 0.25) is 0 Å². The van der Waals surface area contributed by atoms with Gasteiger partial charge in [0, 0.05) is 50.2 Å². The Kier molecular flexibility index (Phi) is 8.27. The number of piperidine rings is 1. The Bertz CT molecular complexity index is 1370. The van der Waals surface area contributed by atoms with Gasteiger partial charge in [-0.15, -0.1) is 11.8 Å². The van der Waals surface area contributed by atoms with Gasteiger partial charge >= 0.3 is 0 Å². The highest BCUT2D eigenvalue weighted by molar-refractivity contribution is 7.98. The van der Waals surface area contributed by atoms with Crippen molar-refractivity contribution in [3.05, 3.63) is 77.0 Å². The molecule has 0 radical (unpaired) electrons. The third-order valence-electron chi connectivity index (χ3n) is 7.80. The maximum atomic E-state index is 13.6. The highest BCUT2D eigenvalue weighted by atomic mass is 32.2. The number of benzene rings is 2. The minimum Gasteiger partial charge on any atom is -0.370 e. The second-order valence-electron chi connectivity index (χ2n) is 10.3. The number of aryl methyl sites for hydroxylation is 2. The number of aromatic nitrogens is 1. The highest BCUT2D eigenvalue weighted by Gasteiger charge is 2.27. The molecule has 3 aromatic rings. The Balaban J connectivity index is 1.23.